The summed E-state index contributed by atoms with van der Waals surface area (Å²) < 4.78 is 36.6. The number of halogens is 3. The Bertz CT molecular complexity index is 1360. The first-order chi connectivity index (χ1) is 19.7. The van der Waals surface area contributed by atoms with E-state index in [9.17, 15) is 18.4 Å². The van der Waals surface area contributed by atoms with Gasteiger partial charge in [-0.1, -0.05) is 64.5 Å². The Kier molecular flexibility index (Phi) is 9.16. The molecule has 0 spiro atoms. The smallest absolute Gasteiger partial charge is 0.309 e. The summed E-state index contributed by atoms with van der Waals surface area (Å²) in [6.07, 6.45) is 0.567. The maximum absolute atomic E-state index is 14.9. The van der Waals surface area contributed by atoms with Crippen LogP contribution in [0.5, 0.6) is 0 Å². The molecule has 1 aliphatic heterocycles. The van der Waals surface area contributed by atoms with Crippen molar-refractivity contribution in [1.82, 2.24) is 15.5 Å². The Labute approximate surface area is 247 Å². The SMILES string of the molecule is CC1CN(C(CNC(=O)C(=O)NC(c2ccccc2)C2CC2c2cccc(Br)c2)c2c(F)cccc2F)CC(C)O1. The predicted octanol–water partition coefficient (Wildman–Crippen LogP) is 5.66. The van der Waals surface area contributed by atoms with Gasteiger partial charge in [0.1, 0.15) is 11.6 Å². The number of hydrogen-bond donors (Lipinski definition) is 2. The van der Waals surface area contributed by atoms with Crippen molar-refractivity contribution in [1.29, 1.82) is 0 Å². The molecule has 1 heterocycles. The number of ether oxygens (including phenoxy) is 1. The zero-order chi connectivity index (χ0) is 29.1. The molecule has 6 nitrogen and oxygen atoms in total. The van der Waals surface area contributed by atoms with Gasteiger partial charge < -0.3 is 15.4 Å². The third kappa shape index (κ3) is 7.02. The molecular weight excluding hydrogens is 592 g/mol. The number of nitrogens with zero attached hydrogens (tertiary/aromatic N) is 1. The topological polar surface area (TPSA) is 70.7 Å². The molecule has 3 aromatic rings. The van der Waals surface area contributed by atoms with Crippen LogP contribution in [-0.4, -0.2) is 48.6 Å². The molecule has 2 N–H and O–H groups in total. The molecule has 6 unspecified atom stereocenters. The van der Waals surface area contributed by atoms with Crippen LogP contribution in [0.25, 0.3) is 0 Å². The molecule has 41 heavy (non-hydrogen) atoms. The average Bonchev–Trinajstić information content (AvgIpc) is 3.73. The number of hydrogen-bond acceptors (Lipinski definition) is 4. The molecule has 0 radical (unpaired) electrons. The number of morpholine rings is 1. The van der Waals surface area contributed by atoms with Crippen molar-refractivity contribution >= 4 is 27.7 Å². The number of carbonyl (C=O) groups is 2. The van der Waals surface area contributed by atoms with Crippen LogP contribution in [0.1, 0.15) is 55.0 Å². The molecule has 1 saturated carbocycles. The highest BCUT2D eigenvalue weighted by Crippen LogP contribution is 2.54. The van der Waals surface area contributed by atoms with Crippen molar-refractivity contribution in [2.24, 2.45) is 5.92 Å². The highest BCUT2D eigenvalue weighted by molar-refractivity contribution is 9.10. The monoisotopic (exact) mass is 625 g/mol. The van der Waals surface area contributed by atoms with Gasteiger partial charge in [-0.3, -0.25) is 14.5 Å². The molecule has 0 bridgehead atoms. The molecule has 5 rings (SSSR count). The summed E-state index contributed by atoms with van der Waals surface area (Å²) in [6, 6.07) is 20.3. The van der Waals surface area contributed by atoms with Crippen molar-refractivity contribution in [3.63, 3.8) is 0 Å². The van der Waals surface area contributed by atoms with Crippen LogP contribution < -0.4 is 10.6 Å². The van der Waals surface area contributed by atoms with Gasteiger partial charge in [-0.25, -0.2) is 8.78 Å². The summed E-state index contributed by atoms with van der Waals surface area (Å²) >= 11 is 3.53. The summed E-state index contributed by atoms with van der Waals surface area (Å²) in [6.45, 7) is 4.52. The lowest BCUT2D eigenvalue weighted by atomic mass is 9.98. The molecule has 2 aliphatic rings. The molecule has 1 aliphatic carbocycles. The Balaban J connectivity index is 1.31. The van der Waals surface area contributed by atoms with Gasteiger partial charge in [0.15, 0.2) is 0 Å². The minimum Gasteiger partial charge on any atom is -0.373 e. The van der Waals surface area contributed by atoms with Gasteiger partial charge in [0.2, 0.25) is 0 Å². The second-order valence-corrected chi connectivity index (χ2v) is 11.9. The minimum atomic E-state index is -0.846. The summed E-state index contributed by atoms with van der Waals surface area (Å²) in [7, 11) is 0. The average molecular weight is 627 g/mol. The second-order valence-electron chi connectivity index (χ2n) is 11.0. The van der Waals surface area contributed by atoms with Gasteiger partial charge in [0.05, 0.1) is 24.3 Å². The van der Waals surface area contributed by atoms with Crippen molar-refractivity contribution in [2.75, 3.05) is 19.6 Å². The first kappa shape index (κ1) is 29.4. The van der Waals surface area contributed by atoms with E-state index in [1.807, 2.05) is 61.2 Å². The maximum Gasteiger partial charge on any atom is 0.309 e. The number of nitrogens with one attached hydrogen (secondary N) is 2. The van der Waals surface area contributed by atoms with E-state index in [4.69, 9.17) is 4.74 Å². The fourth-order valence-corrected chi connectivity index (χ4v) is 6.41. The van der Waals surface area contributed by atoms with Gasteiger partial charge in [-0.2, -0.15) is 0 Å². The maximum atomic E-state index is 14.9. The highest BCUT2D eigenvalue weighted by Gasteiger charge is 2.45. The van der Waals surface area contributed by atoms with E-state index in [1.165, 1.54) is 23.8 Å². The molecule has 1 saturated heterocycles. The lowest BCUT2D eigenvalue weighted by molar-refractivity contribution is -0.140. The van der Waals surface area contributed by atoms with E-state index < -0.39 is 29.5 Å². The van der Waals surface area contributed by atoms with E-state index in [2.05, 4.69) is 38.7 Å². The molecule has 2 fully saturated rings. The summed E-state index contributed by atoms with van der Waals surface area (Å²) in [4.78, 5) is 28.2. The van der Waals surface area contributed by atoms with Crippen molar-refractivity contribution in [3.05, 3.63) is 106 Å². The van der Waals surface area contributed by atoms with Crippen LogP contribution >= 0.6 is 15.9 Å². The van der Waals surface area contributed by atoms with Gasteiger partial charge in [-0.15, -0.1) is 0 Å². The fraction of sp³-hybridized carbons (Fsp3) is 0.375. The van der Waals surface area contributed by atoms with E-state index in [0.717, 1.165) is 16.5 Å². The number of rotatable bonds is 8. The third-order valence-electron chi connectivity index (χ3n) is 7.87. The van der Waals surface area contributed by atoms with E-state index >= 15 is 0 Å². The number of carbonyl (C=O) groups excluding carboxylic acids is 2. The lowest BCUT2D eigenvalue weighted by Gasteiger charge is -2.40. The van der Waals surface area contributed by atoms with Crippen LogP contribution in [-0.2, 0) is 14.3 Å². The second kappa shape index (κ2) is 12.8. The molecular formula is C32H34BrF2N3O3. The Morgan fingerprint density at radius 1 is 0.951 bits per heavy atom. The van der Waals surface area contributed by atoms with Crippen LogP contribution in [0.15, 0.2) is 77.3 Å². The van der Waals surface area contributed by atoms with E-state index in [1.54, 1.807) is 0 Å². The first-order valence-electron chi connectivity index (χ1n) is 13.9. The quantitative estimate of drug-likeness (QED) is 0.317. The Morgan fingerprint density at radius 3 is 2.27 bits per heavy atom. The standard InChI is InChI=1S/C32H34BrF2N3O3/c1-19-17-38(18-20(2)41-19)28(29-26(34)12-7-13-27(29)35)16-36-31(39)32(40)37-30(21-8-4-3-5-9-21)25-15-24(25)22-10-6-11-23(33)14-22/h3-14,19-20,24-25,28,30H,15-18H2,1-2H3,(H,36,39)(H,37,40). The molecule has 9 heteroatoms. The highest BCUT2D eigenvalue weighted by atomic mass is 79.9. The van der Waals surface area contributed by atoms with Gasteiger partial charge in [0, 0.05) is 29.7 Å². The first-order valence-corrected chi connectivity index (χ1v) is 14.7. The van der Waals surface area contributed by atoms with Crippen LogP contribution in [0.3, 0.4) is 0 Å². The van der Waals surface area contributed by atoms with Crippen LogP contribution in [0.2, 0.25) is 0 Å². The Morgan fingerprint density at radius 2 is 1.61 bits per heavy atom. The van der Waals surface area contributed by atoms with Gasteiger partial charge in [0.25, 0.3) is 0 Å². The normalized spacial score (nSPS) is 23.8. The predicted molar refractivity (Wildman–Crippen MR) is 156 cm³/mol. The Hall–Kier alpha value is -3.14. The van der Waals surface area contributed by atoms with Crippen LogP contribution in [0, 0.1) is 17.6 Å². The molecule has 216 valence electrons. The summed E-state index contributed by atoms with van der Waals surface area (Å²) in [5.74, 6) is -2.65. The summed E-state index contributed by atoms with van der Waals surface area (Å²) in [5.41, 5.74) is 1.96. The molecule has 0 aromatic heterocycles. The number of benzene rings is 3. The lowest BCUT2D eigenvalue weighted by Crippen LogP contribution is -2.51. The zero-order valence-electron chi connectivity index (χ0n) is 23.0. The molecule has 6 atom stereocenters. The molecule has 2 amide bonds. The van der Waals surface area contributed by atoms with Crippen LogP contribution in [0.4, 0.5) is 8.78 Å². The zero-order valence-corrected chi connectivity index (χ0v) is 24.6. The van der Waals surface area contributed by atoms with Gasteiger partial charge >= 0.3 is 11.8 Å². The molecule has 3 aromatic carbocycles. The van der Waals surface area contributed by atoms with Crippen molar-refractivity contribution in [3.8, 4) is 0 Å². The van der Waals surface area contributed by atoms with E-state index in [0.29, 0.717) is 13.1 Å². The van der Waals surface area contributed by atoms with Crippen molar-refractivity contribution < 1.29 is 23.1 Å². The summed E-state index contributed by atoms with van der Waals surface area (Å²) in [5, 5.41) is 5.60. The fourth-order valence-electron chi connectivity index (χ4n) is 5.99. The minimum absolute atomic E-state index is 0.125. The van der Waals surface area contributed by atoms with Gasteiger partial charge in [-0.05, 0) is 67.5 Å². The van der Waals surface area contributed by atoms with E-state index in [-0.39, 0.29) is 42.2 Å². The third-order valence-corrected chi connectivity index (χ3v) is 8.37. The van der Waals surface area contributed by atoms with Crippen molar-refractivity contribution in [2.45, 2.75) is 50.5 Å². The largest absolute Gasteiger partial charge is 0.373 e. The number of amides is 2.